The third-order valence-corrected chi connectivity index (χ3v) is 4.67. The Bertz CT molecular complexity index is 663. The lowest BCUT2D eigenvalue weighted by atomic mass is 10.2. The standard InChI is InChI=1S/C15H20N6OS/c1-3-4-12-14(23-19-17-12)15(22)21-9-7-20(8-10-21)13-6-5-11(2)16-18-13/h5-6H,3-4,7-10H2,1-2H3. The van der Waals surface area contributed by atoms with Crippen LogP contribution in [0.2, 0.25) is 0 Å². The molecule has 0 N–H and O–H groups in total. The normalized spacial score (nSPS) is 15.0. The number of hydrogen-bond acceptors (Lipinski definition) is 7. The summed E-state index contributed by atoms with van der Waals surface area (Å²) in [5, 5.41) is 12.4. The van der Waals surface area contributed by atoms with E-state index in [0.29, 0.717) is 18.0 Å². The molecule has 122 valence electrons. The minimum Gasteiger partial charge on any atom is -0.352 e. The maximum Gasteiger partial charge on any atom is 0.267 e. The highest BCUT2D eigenvalue weighted by molar-refractivity contribution is 7.08. The summed E-state index contributed by atoms with van der Waals surface area (Å²) in [7, 11) is 0. The second-order valence-electron chi connectivity index (χ2n) is 5.61. The van der Waals surface area contributed by atoms with Gasteiger partial charge in [0.15, 0.2) is 5.82 Å². The Hall–Kier alpha value is -2.09. The van der Waals surface area contributed by atoms with Crippen LogP contribution in [0, 0.1) is 6.92 Å². The molecule has 23 heavy (non-hydrogen) atoms. The summed E-state index contributed by atoms with van der Waals surface area (Å²) in [6, 6.07) is 3.94. The molecule has 0 aliphatic carbocycles. The van der Waals surface area contributed by atoms with Gasteiger partial charge in [-0.15, -0.1) is 10.2 Å². The van der Waals surface area contributed by atoms with Crippen molar-refractivity contribution >= 4 is 23.3 Å². The third kappa shape index (κ3) is 3.47. The van der Waals surface area contributed by atoms with E-state index in [1.165, 1.54) is 11.5 Å². The Balaban J connectivity index is 1.63. The van der Waals surface area contributed by atoms with E-state index in [4.69, 9.17) is 0 Å². The van der Waals surface area contributed by atoms with Gasteiger partial charge >= 0.3 is 0 Å². The highest BCUT2D eigenvalue weighted by Gasteiger charge is 2.26. The zero-order valence-corrected chi connectivity index (χ0v) is 14.2. The summed E-state index contributed by atoms with van der Waals surface area (Å²) in [4.78, 5) is 17.4. The van der Waals surface area contributed by atoms with E-state index in [2.05, 4.69) is 31.6 Å². The molecule has 0 radical (unpaired) electrons. The summed E-state index contributed by atoms with van der Waals surface area (Å²) in [5.74, 6) is 0.923. The van der Waals surface area contributed by atoms with Crippen LogP contribution in [0.3, 0.4) is 0 Å². The van der Waals surface area contributed by atoms with E-state index in [1.807, 2.05) is 24.0 Å². The van der Waals surface area contributed by atoms with Crippen LogP contribution in [0.1, 0.15) is 34.4 Å². The molecule has 1 saturated heterocycles. The predicted molar refractivity (Wildman–Crippen MR) is 88.8 cm³/mol. The SMILES string of the molecule is CCCc1nnsc1C(=O)N1CCN(c2ccc(C)nn2)CC1. The van der Waals surface area contributed by atoms with Gasteiger partial charge in [-0.25, -0.2) is 0 Å². The van der Waals surface area contributed by atoms with Gasteiger partial charge in [-0.1, -0.05) is 17.8 Å². The second-order valence-corrected chi connectivity index (χ2v) is 6.37. The molecule has 1 amide bonds. The van der Waals surface area contributed by atoms with Crippen LogP contribution in [0.15, 0.2) is 12.1 Å². The number of nitrogens with zero attached hydrogens (tertiary/aromatic N) is 6. The maximum absolute atomic E-state index is 12.7. The first-order valence-electron chi connectivity index (χ1n) is 7.85. The minimum atomic E-state index is 0.0538. The van der Waals surface area contributed by atoms with Crippen LogP contribution in [0.4, 0.5) is 5.82 Å². The van der Waals surface area contributed by atoms with Gasteiger partial charge in [0, 0.05) is 26.2 Å². The van der Waals surface area contributed by atoms with Gasteiger partial charge in [0.1, 0.15) is 4.88 Å². The summed E-state index contributed by atoms with van der Waals surface area (Å²) in [6.45, 7) is 6.88. The van der Waals surface area contributed by atoms with Crippen molar-refractivity contribution < 1.29 is 4.79 Å². The van der Waals surface area contributed by atoms with Gasteiger partial charge in [-0.2, -0.15) is 5.10 Å². The zero-order chi connectivity index (χ0) is 16.2. The molecule has 3 heterocycles. The number of rotatable bonds is 4. The van der Waals surface area contributed by atoms with Crippen molar-refractivity contribution in [3.63, 3.8) is 0 Å². The average molecular weight is 332 g/mol. The van der Waals surface area contributed by atoms with Crippen LogP contribution < -0.4 is 4.90 Å². The Labute approximate surface area is 139 Å². The quantitative estimate of drug-likeness (QED) is 0.846. The molecule has 0 unspecified atom stereocenters. The van der Waals surface area contributed by atoms with Crippen molar-refractivity contribution in [2.24, 2.45) is 0 Å². The van der Waals surface area contributed by atoms with Crippen molar-refractivity contribution in [3.8, 4) is 0 Å². The van der Waals surface area contributed by atoms with Crippen LogP contribution in [0.5, 0.6) is 0 Å². The molecule has 0 spiro atoms. The van der Waals surface area contributed by atoms with E-state index in [9.17, 15) is 4.79 Å². The molecule has 0 bridgehead atoms. The molecular weight excluding hydrogens is 312 g/mol. The van der Waals surface area contributed by atoms with Crippen LogP contribution in [-0.4, -0.2) is 56.8 Å². The Morgan fingerprint density at radius 2 is 1.96 bits per heavy atom. The van der Waals surface area contributed by atoms with E-state index < -0.39 is 0 Å². The fourth-order valence-electron chi connectivity index (χ4n) is 2.61. The molecule has 1 fully saturated rings. The summed E-state index contributed by atoms with van der Waals surface area (Å²) in [6.07, 6.45) is 1.77. The number of carbonyl (C=O) groups is 1. The summed E-state index contributed by atoms with van der Waals surface area (Å²) in [5.41, 5.74) is 1.73. The number of hydrogen-bond donors (Lipinski definition) is 0. The fourth-order valence-corrected chi connectivity index (χ4v) is 3.29. The Kier molecular flexibility index (Phi) is 4.80. The Morgan fingerprint density at radius 1 is 1.17 bits per heavy atom. The van der Waals surface area contributed by atoms with Gasteiger partial charge in [-0.3, -0.25) is 4.79 Å². The molecule has 1 aliphatic heterocycles. The number of piperazine rings is 1. The van der Waals surface area contributed by atoms with E-state index in [0.717, 1.165) is 43.1 Å². The molecule has 0 saturated carbocycles. The van der Waals surface area contributed by atoms with E-state index in [-0.39, 0.29) is 5.91 Å². The van der Waals surface area contributed by atoms with Crippen LogP contribution in [0.25, 0.3) is 0 Å². The van der Waals surface area contributed by atoms with Gasteiger partial charge in [0.2, 0.25) is 0 Å². The smallest absolute Gasteiger partial charge is 0.267 e. The van der Waals surface area contributed by atoms with Crippen molar-refractivity contribution in [2.45, 2.75) is 26.7 Å². The zero-order valence-electron chi connectivity index (χ0n) is 13.4. The number of aryl methyl sites for hydroxylation is 2. The van der Waals surface area contributed by atoms with Gasteiger partial charge in [0.05, 0.1) is 11.4 Å². The topological polar surface area (TPSA) is 75.1 Å². The largest absolute Gasteiger partial charge is 0.352 e. The molecule has 2 aromatic heterocycles. The minimum absolute atomic E-state index is 0.0538. The van der Waals surface area contributed by atoms with E-state index >= 15 is 0 Å². The highest BCUT2D eigenvalue weighted by atomic mass is 32.1. The van der Waals surface area contributed by atoms with Gasteiger partial charge in [0.25, 0.3) is 5.91 Å². The molecule has 0 atom stereocenters. The summed E-state index contributed by atoms with van der Waals surface area (Å²) < 4.78 is 3.94. The van der Waals surface area contributed by atoms with Crippen molar-refractivity contribution in [1.82, 2.24) is 24.7 Å². The first kappa shape index (κ1) is 15.8. The van der Waals surface area contributed by atoms with Crippen LogP contribution in [-0.2, 0) is 6.42 Å². The fraction of sp³-hybridized carbons (Fsp3) is 0.533. The average Bonchev–Trinajstić information content (AvgIpc) is 3.04. The molecule has 8 heteroatoms. The number of amides is 1. The number of aromatic nitrogens is 4. The van der Waals surface area contributed by atoms with Crippen molar-refractivity contribution in [2.75, 3.05) is 31.1 Å². The van der Waals surface area contributed by atoms with Crippen molar-refractivity contribution in [1.29, 1.82) is 0 Å². The molecule has 0 aromatic carbocycles. The van der Waals surface area contributed by atoms with Gasteiger partial charge in [-0.05, 0) is 37.0 Å². The summed E-state index contributed by atoms with van der Waals surface area (Å²) >= 11 is 1.20. The lowest BCUT2D eigenvalue weighted by Gasteiger charge is -2.35. The van der Waals surface area contributed by atoms with E-state index in [1.54, 1.807) is 0 Å². The monoisotopic (exact) mass is 332 g/mol. The maximum atomic E-state index is 12.7. The predicted octanol–water partition coefficient (Wildman–Crippen LogP) is 1.55. The highest BCUT2D eigenvalue weighted by Crippen LogP contribution is 2.18. The van der Waals surface area contributed by atoms with Crippen molar-refractivity contribution in [3.05, 3.63) is 28.4 Å². The second kappa shape index (κ2) is 6.99. The van der Waals surface area contributed by atoms with Crippen LogP contribution >= 0.6 is 11.5 Å². The molecule has 2 aromatic rings. The number of anilines is 1. The first-order valence-corrected chi connectivity index (χ1v) is 8.62. The lowest BCUT2D eigenvalue weighted by Crippen LogP contribution is -2.49. The Morgan fingerprint density at radius 3 is 2.61 bits per heavy atom. The molecule has 3 rings (SSSR count). The lowest BCUT2D eigenvalue weighted by molar-refractivity contribution is 0.0750. The molecule has 7 nitrogen and oxygen atoms in total. The molecule has 1 aliphatic rings. The van der Waals surface area contributed by atoms with Gasteiger partial charge < -0.3 is 9.80 Å². The first-order chi connectivity index (χ1) is 11.2. The third-order valence-electron chi connectivity index (χ3n) is 3.91. The number of carbonyl (C=O) groups excluding carboxylic acids is 1. The molecular formula is C15H20N6OS.